The van der Waals surface area contributed by atoms with E-state index < -0.39 is 11.6 Å². The lowest BCUT2D eigenvalue weighted by Crippen LogP contribution is -2.38. The minimum absolute atomic E-state index is 0.198. The molecule has 0 atom stereocenters. The quantitative estimate of drug-likeness (QED) is 0.866. The van der Waals surface area contributed by atoms with Gasteiger partial charge in [0, 0.05) is 12.8 Å². The van der Waals surface area contributed by atoms with Crippen LogP contribution in [-0.4, -0.2) is 30.9 Å². The van der Waals surface area contributed by atoms with Gasteiger partial charge in [-0.1, -0.05) is 12.1 Å². The molecule has 1 N–H and O–H groups in total. The average molecular weight is 340 g/mol. The zero-order chi connectivity index (χ0) is 17.4. The molecular weight excluding hydrogens is 320 g/mol. The molecule has 0 saturated carbocycles. The lowest BCUT2D eigenvalue weighted by atomic mass is 9.84. The van der Waals surface area contributed by atoms with Crippen molar-refractivity contribution in [1.82, 2.24) is 0 Å². The van der Waals surface area contributed by atoms with Gasteiger partial charge in [-0.25, -0.2) is 4.79 Å². The van der Waals surface area contributed by atoms with Crippen LogP contribution in [0.25, 0.3) is 0 Å². The van der Waals surface area contributed by atoms with Gasteiger partial charge in [0.15, 0.2) is 0 Å². The van der Waals surface area contributed by atoms with Gasteiger partial charge in [-0.2, -0.15) is 0 Å². The number of hydrogen-bond acceptors (Lipinski definition) is 5. The Morgan fingerprint density at radius 1 is 1.04 bits per heavy atom. The SMILES string of the molecule is CCOC(=O)C(O)(c1ccc2c(c1)CCO2)c1ccc2c(c1)CCO2. The molecule has 0 radical (unpaired) electrons. The van der Waals surface area contributed by atoms with Crippen LogP contribution in [0.1, 0.15) is 29.2 Å². The molecule has 130 valence electrons. The van der Waals surface area contributed by atoms with Crippen LogP contribution >= 0.6 is 0 Å². The first-order chi connectivity index (χ1) is 12.1. The summed E-state index contributed by atoms with van der Waals surface area (Å²) in [6.07, 6.45) is 1.53. The summed E-state index contributed by atoms with van der Waals surface area (Å²) < 4.78 is 16.3. The highest BCUT2D eigenvalue weighted by atomic mass is 16.5. The standard InChI is InChI=1S/C20H20O5/c1-2-23-19(21)20(22,15-3-5-17-13(11-15)7-9-24-17)16-4-6-18-14(12-16)8-10-25-18/h3-6,11-12,22H,2,7-10H2,1H3. The topological polar surface area (TPSA) is 65.0 Å². The molecule has 0 bridgehead atoms. The molecule has 4 rings (SSSR count). The molecular formula is C20H20O5. The zero-order valence-electron chi connectivity index (χ0n) is 14.1. The molecule has 0 aromatic heterocycles. The summed E-state index contributed by atoms with van der Waals surface area (Å²) in [6, 6.07) is 10.7. The van der Waals surface area contributed by atoms with Gasteiger partial charge in [0.1, 0.15) is 11.5 Å². The minimum Gasteiger partial charge on any atom is -0.493 e. The van der Waals surface area contributed by atoms with Gasteiger partial charge in [-0.15, -0.1) is 0 Å². The van der Waals surface area contributed by atoms with Crippen molar-refractivity contribution in [1.29, 1.82) is 0 Å². The highest BCUT2D eigenvalue weighted by Crippen LogP contribution is 2.38. The van der Waals surface area contributed by atoms with Crippen molar-refractivity contribution in [3.8, 4) is 11.5 Å². The molecule has 2 aromatic rings. The van der Waals surface area contributed by atoms with E-state index in [-0.39, 0.29) is 6.61 Å². The number of carbonyl (C=O) groups is 1. The van der Waals surface area contributed by atoms with E-state index >= 15 is 0 Å². The number of carbonyl (C=O) groups excluding carboxylic acids is 1. The van der Waals surface area contributed by atoms with Gasteiger partial charge in [0.05, 0.1) is 19.8 Å². The molecule has 2 aliphatic heterocycles. The van der Waals surface area contributed by atoms with Gasteiger partial charge in [-0.3, -0.25) is 0 Å². The lowest BCUT2D eigenvalue weighted by Gasteiger charge is -2.27. The highest BCUT2D eigenvalue weighted by Gasteiger charge is 2.42. The molecule has 0 saturated heterocycles. The molecule has 5 nitrogen and oxygen atoms in total. The van der Waals surface area contributed by atoms with Crippen molar-refractivity contribution in [3.63, 3.8) is 0 Å². The molecule has 2 aromatic carbocycles. The normalized spacial score (nSPS) is 15.1. The summed E-state index contributed by atoms with van der Waals surface area (Å²) in [4.78, 5) is 12.7. The second kappa shape index (κ2) is 6.08. The van der Waals surface area contributed by atoms with Gasteiger partial charge >= 0.3 is 5.97 Å². The molecule has 25 heavy (non-hydrogen) atoms. The molecule has 2 aliphatic rings. The smallest absolute Gasteiger partial charge is 0.347 e. The summed E-state index contributed by atoms with van der Waals surface area (Å²) in [5.41, 5.74) is 1.11. The van der Waals surface area contributed by atoms with Crippen LogP contribution < -0.4 is 9.47 Å². The van der Waals surface area contributed by atoms with E-state index in [9.17, 15) is 9.90 Å². The second-order valence-electron chi connectivity index (χ2n) is 6.27. The first-order valence-corrected chi connectivity index (χ1v) is 8.55. The van der Waals surface area contributed by atoms with Crippen LogP contribution in [0.15, 0.2) is 36.4 Å². The van der Waals surface area contributed by atoms with E-state index in [1.54, 1.807) is 31.2 Å². The second-order valence-corrected chi connectivity index (χ2v) is 6.27. The summed E-state index contributed by atoms with van der Waals surface area (Å²) in [7, 11) is 0. The number of hydrogen-bond donors (Lipinski definition) is 1. The Bertz CT molecular complexity index is 769. The average Bonchev–Trinajstić information content (AvgIpc) is 3.28. The fourth-order valence-corrected chi connectivity index (χ4v) is 3.46. The van der Waals surface area contributed by atoms with Gasteiger partial charge in [-0.05, 0) is 53.4 Å². The van der Waals surface area contributed by atoms with Crippen LogP contribution in [-0.2, 0) is 28.0 Å². The number of fused-ring (bicyclic) bond motifs is 2. The molecule has 0 spiro atoms. The highest BCUT2D eigenvalue weighted by molar-refractivity contribution is 5.86. The maximum Gasteiger partial charge on any atom is 0.347 e. The Balaban J connectivity index is 1.83. The van der Waals surface area contributed by atoms with E-state index in [1.807, 2.05) is 12.1 Å². The number of rotatable bonds is 4. The van der Waals surface area contributed by atoms with E-state index in [4.69, 9.17) is 14.2 Å². The largest absolute Gasteiger partial charge is 0.493 e. The zero-order valence-corrected chi connectivity index (χ0v) is 14.1. The molecule has 0 fully saturated rings. The maximum absolute atomic E-state index is 12.7. The maximum atomic E-state index is 12.7. The number of benzene rings is 2. The van der Waals surface area contributed by atoms with E-state index in [0.717, 1.165) is 35.5 Å². The Labute approximate surface area is 146 Å². The van der Waals surface area contributed by atoms with Crippen LogP contribution in [0.3, 0.4) is 0 Å². The summed E-state index contributed by atoms with van der Waals surface area (Å²) >= 11 is 0. The van der Waals surface area contributed by atoms with E-state index in [1.165, 1.54) is 0 Å². The summed E-state index contributed by atoms with van der Waals surface area (Å²) in [5, 5.41) is 11.5. The third-order valence-corrected chi connectivity index (χ3v) is 4.79. The molecule has 0 aliphatic carbocycles. The van der Waals surface area contributed by atoms with Crippen LogP contribution in [0, 0.1) is 0 Å². The number of esters is 1. The van der Waals surface area contributed by atoms with Gasteiger partial charge in [0.2, 0.25) is 5.60 Å². The van der Waals surface area contributed by atoms with Crippen molar-refractivity contribution in [2.45, 2.75) is 25.4 Å². The predicted molar refractivity (Wildman–Crippen MR) is 90.9 cm³/mol. The first-order valence-electron chi connectivity index (χ1n) is 8.55. The van der Waals surface area contributed by atoms with Crippen LogP contribution in [0.4, 0.5) is 0 Å². The van der Waals surface area contributed by atoms with E-state index in [0.29, 0.717) is 24.3 Å². The summed E-state index contributed by atoms with van der Waals surface area (Å²) in [6.45, 7) is 3.16. The monoisotopic (exact) mass is 340 g/mol. The fourth-order valence-electron chi connectivity index (χ4n) is 3.46. The Kier molecular flexibility index (Phi) is 3.88. The molecule has 0 unspecified atom stereocenters. The number of ether oxygens (including phenoxy) is 3. The van der Waals surface area contributed by atoms with Crippen molar-refractivity contribution >= 4 is 5.97 Å². The Morgan fingerprint density at radius 2 is 1.56 bits per heavy atom. The van der Waals surface area contributed by atoms with Gasteiger partial charge in [0.25, 0.3) is 0 Å². The molecule has 5 heteroatoms. The number of aliphatic hydroxyl groups is 1. The van der Waals surface area contributed by atoms with Crippen molar-refractivity contribution in [2.75, 3.05) is 19.8 Å². The fraction of sp³-hybridized carbons (Fsp3) is 0.350. The first kappa shape index (κ1) is 16.0. The van der Waals surface area contributed by atoms with Gasteiger partial charge < -0.3 is 19.3 Å². The third-order valence-electron chi connectivity index (χ3n) is 4.79. The molecule has 2 heterocycles. The van der Waals surface area contributed by atoms with Crippen molar-refractivity contribution in [2.24, 2.45) is 0 Å². The minimum atomic E-state index is -1.86. The summed E-state index contributed by atoms with van der Waals surface area (Å²) in [5.74, 6) is 0.933. The third kappa shape index (κ3) is 2.55. The van der Waals surface area contributed by atoms with Crippen molar-refractivity contribution in [3.05, 3.63) is 58.7 Å². The Hall–Kier alpha value is -2.53. The lowest BCUT2D eigenvalue weighted by molar-refractivity contribution is -0.161. The Morgan fingerprint density at radius 3 is 2.04 bits per heavy atom. The van der Waals surface area contributed by atoms with Crippen molar-refractivity contribution < 1.29 is 24.1 Å². The predicted octanol–water partition coefficient (Wildman–Crippen LogP) is 2.36. The van der Waals surface area contributed by atoms with E-state index in [2.05, 4.69) is 0 Å². The van der Waals surface area contributed by atoms with Crippen LogP contribution in [0.2, 0.25) is 0 Å². The molecule has 0 amide bonds. The van der Waals surface area contributed by atoms with Crippen LogP contribution in [0.5, 0.6) is 11.5 Å².